The summed E-state index contributed by atoms with van der Waals surface area (Å²) in [5, 5.41) is 9.94. The van der Waals surface area contributed by atoms with Crippen molar-refractivity contribution in [3.63, 3.8) is 0 Å². The van der Waals surface area contributed by atoms with Gasteiger partial charge in [-0.1, -0.05) is 23.2 Å². The molecule has 1 aromatic rings. The lowest BCUT2D eigenvalue weighted by Gasteiger charge is -2.31. The van der Waals surface area contributed by atoms with Gasteiger partial charge < -0.3 is 14.7 Å². The molecule has 18 heavy (non-hydrogen) atoms. The van der Waals surface area contributed by atoms with Crippen LogP contribution in [0.1, 0.15) is 12.8 Å². The van der Waals surface area contributed by atoms with Crippen molar-refractivity contribution in [3.8, 4) is 5.75 Å². The Labute approximate surface area is 115 Å². The molecule has 0 unspecified atom stereocenters. The van der Waals surface area contributed by atoms with Gasteiger partial charge in [-0.15, -0.1) is 0 Å². The van der Waals surface area contributed by atoms with Gasteiger partial charge in [-0.3, -0.25) is 0 Å². The van der Waals surface area contributed by atoms with E-state index in [1.54, 1.807) is 18.2 Å². The number of hydrogen-bond acceptors (Lipinski definition) is 2. The molecule has 6 heteroatoms. The van der Waals surface area contributed by atoms with Crippen LogP contribution in [0.5, 0.6) is 5.75 Å². The van der Waals surface area contributed by atoms with Gasteiger partial charge in [0.05, 0.1) is 6.54 Å². The molecule has 2 rings (SSSR count). The molecule has 0 spiro atoms. The minimum absolute atomic E-state index is 0.149. The number of nitrogens with zero attached hydrogens (tertiary/aromatic N) is 1. The maximum Gasteiger partial charge on any atom is 0.407 e. The minimum Gasteiger partial charge on any atom is -0.488 e. The second kappa shape index (κ2) is 5.67. The lowest BCUT2D eigenvalue weighted by atomic mass is 10.1. The Morgan fingerprint density at radius 2 is 2.00 bits per heavy atom. The van der Waals surface area contributed by atoms with Crippen molar-refractivity contribution in [2.24, 2.45) is 0 Å². The summed E-state index contributed by atoms with van der Waals surface area (Å²) in [6, 6.07) is 4.97. The molecule has 1 saturated heterocycles. The predicted octanol–water partition coefficient (Wildman–Crippen LogP) is 3.51. The van der Waals surface area contributed by atoms with E-state index in [0.29, 0.717) is 28.9 Å². The molecule has 1 aliphatic rings. The standard InChI is InChI=1S/C12H13Cl2NO3/c13-8-4-9(14)6-11(5-8)18-10-2-1-3-15(7-10)12(16)17/h4-6,10H,1-3,7H2,(H,16,17)/t10-/m0/s1. The number of piperidine rings is 1. The lowest BCUT2D eigenvalue weighted by Crippen LogP contribution is -2.43. The number of ether oxygens (including phenoxy) is 1. The minimum atomic E-state index is -0.910. The molecule has 1 aliphatic heterocycles. The highest BCUT2D eigenvalue weighted by Gasteiger charge is 2.24. The zero-order valence-corrected chi connectivity index (χ0v) is 11.1. The molecular formula is C12H13Cl2NO3. The van der Waals surface area contributed by atoms with Crippen molar-refractivity contribution in [2.75, 3.05) is 13.1 Å². The molecule has 1 amide bonds. The summed E-state index contributed by atoms with van der Waals surface area (Å²) >= 11 is 11.8. The molecule has 98 valence electrons. The van der Waals surface area contributed by atoms with Crippen molar-refractivity contribution in [1.29, 1.82) is 0 Å². The van der Waals surface area contributed by atoms with Gasteiger partial charge in [0.1, 0.15) is 11.9 Å². The maximum atomic E-state index is 10.9. The van der Waals surface area contributed by atoms with Crippen molar-refractivity contribution in [3.05, 3.63) is 28.2 Å². The van der Waals surface area contributed by atoms with Crippen LogP contribution in [0.15, 0.2) is 18.2 Å². The fraction of sp³-hybridized carbons (Fsp3) is 0.417. The highest BCUT2D eigenvalue weighted by molar-refractivity contribution is 6.34. The lowest BCUT2D eigenvalue weighted by molar-refractivity contribution is 0.0792. The van der Waals surface area contributed by atoms with Gasteiger partial charge in [0, 0.05) is 16.6 Å². The first kappa shape index (κ1) is 13.3. The van der Waals surface area contributed by atoms with E-state index in [4.69, 9.17) is 33.0 Å². The van der Waals surface area contributed by atoms with Crippen LogP contribution in [-0.2, 0) is 0 Å². The molecule has 1 aromatic carbocycles. The summed E-state index contributed by atoms with van der Waals surface area (Å²) in [6.07, 6.45) is 0.566. The van der Waals surface area contributed by atoms with E-state index in [9.17, 15) is 4.79 Å². The second-order valence-corrected chi connectivity index (χ2v) is 5.09. The Kier molecular flexibility index (Phi) is 4.19. The summed E-state index contributed by atoms with van der Waals surface area (Å²) in [5.74, 6) is 0.574. The van der Waals surface area contributed by atoms with Gasteiger partial charge in [-0.2, -0.15) is 0 Å². The van der Waals surface area contributed by atoms with Gasteiger partial charge in [-0.25, -0.2) is 4.79 Å². The molecule has 0 radical (unpaired) electrons. The Hall–Kier alpha value is -1.13. The third kappa shape index (κ3) is 3.43. The van der Waals surface area contributed by atoms with Crippen LogP contribution >= 0.6 is 23.2 Å². The van der Waals surface area contributed by atoms with Crippen LogP contribution in [0.3, 0.4) is 0 Å². The first-order valence-corrected chi connectivity index (χ1v) is 6.41. The predicted molar refractivity (Wildman–Crippen MR) is 69.7 cm³/mol. The topological polar surface area (TPSA) is 49.8 Å². The number of rotatable bonds is 2. The normalized spacial score (nSPS) is 19.7. The molecule has 1 atom stereocenters. The fourth-order valence-electron chi connectivity index (χ4n) is 2.00. The Morgan fingerprint density at radius 3 is 2.61 bits per heavy atom. The molecule has 1 heterocycles. The Morgan fingerprint density at radius 1 is 1.33 bits per heavy atom. The molecule has 1 fully saturated rings. The van der Waals surface area contributed by atoms with E-state index in [2.05, 4.69) is 0 Å². The zero-order valence-electron chi connectivity index (χ0n) is 9.60. The highest BCUT2D eigenvalue weighted by Crippen LogP contribution is 2.26. The fourth-order valence-corrected chi connectivity index (χ4v) is 2.50. The maximum absolute atomic E-state index is 10.9. The second-order valence-electron chi connectivity index (χ2n) is 4.22. The quantitative estimate of drug-likeness (QED) is 0.906. The largest absolute Gasteiger partial charge is 0.488 e. The summed E-state index contributed by atoms with van der Waals surface area (Å²) in [4.78, 5) is 12.3. The average molecular weight is 290 g/mol. The van der Waals surface area contributed by atoms with Crippen LogP contribution in [-0.4, -0.2) is 35.3 Å². The number of carbonyl (C=O) groups is 1. The third-order valence-electron chi connectivity index (χ3n) is 2.79. The van der Waals surface area contributed by atoms with Crippen LogP contribution in [0.2, 0.25) is 10.0 Å². The van der Waals surface area contributed by atoms with E-state index in [1.165, 1.54) is 4.90 Å². The number of amides is 1. The van der Waals surface area contributed by atoms with Crippen molar-refractivity contribution in [2.45, 2.75) is 18.9 Å². The van der Waals surface area contributed by atoms with Gasteiger partial charge >= 0.3 is 6.09 Å². The number of halogens is 2. The van der Waals surface area contributed by atoms with E-state index >= 15 is 0 Å². The molecule has 0 aromatic heterocycles. The Balaban J connectivity index is 2.02. The van der Waals surface area contributed by atoms with Gasteiger partial charge in [0.15, 0.2) is 0 Å². The molecule has 0 aliphatic carbocycles. The Bertz CT molecular complexity index is 433. The van der Waals surface area contributed by atoms with E-state index in [1.807, 2.05) is 0 Å². The first-order valence-electron chi connectivity index (χ1n) is 5.65. The number of carboxylic acid groups (broad SMARTS) is 1. The summed E-state index contributed by atoms with van der Waals surface area (Å²) in [7, 11) is 0. The zero-order chi connectivity index (χ0) is 13.1. The van der Waals surface area contributed by atoms with Gasteiger partial charge in [0.2, 0.25) is 0 Å². The highest BCUT2D eigenvalue weighted by atomic mass is 35.5. The van der Waals surface area contributed by atoms with Crippen LogP contribution in [0.25, 0.3) is 0 Å². The molecule has 0 saturated carbocycles. The third-order valence-corrected chi connectivity index (χ3v) is 3.22. The molecule has 0 bridgehead atoms. The summed E-state index contributed by atoms with van der Waals surface area (Å²) in [5.41, 5.74) is 0. The molecule has 4 nitrogen and oxygen atoms in total. The van der Waals surface area contributed by atoms with Gasteiger partial charge in [0.25, 0.3) is 0 Å². The summed E-state index contributed by atoms with van der Waals surface area (Å²) < 4.78 is 5.72. The summed E-state index contributed by atoms with van der Waals surface area (Å²) in [6.45, 7) is 0.935. The van der Waals surface area contributed by atoms with Crippen LogP contribution < -0.4 is 4.74 Å². The SMILES string of the molecule is O=C(O)N1CCC[C@H](Oc2cc(Cl)cc(Cl)c2)C1. The number of benzene rings is 1. The van der Waals surface area contributed by atoms with Gasteiger partial charge in [-0.05, 0) is 31.0 Å². The average Bonchev–Trinajstić information content (AvgIpc) is 2.27. The van der Waals surface area contributed by atoms with E-state index < -0.39 is 6.09 Å². The van der Waals surface area contributed by atoms with E-state index in [-0.39, 0.29) is 6.10 Å². The molecular weight excluding hydrogens is 277 g/mol. The number of likely N-dealkylation sites (tertiary alicyclic amines) is 1. The van der Waals surface area contributed by atoms with Crippen LogP contribution in [0, 0.1) is 0 Å². The monoisotopic (exact) mass is 289 g/mol. The van der Waals surface area contributed by atoms with Crippen molar-refractivity contribution >= 4 is 29.3 Å². The first-order chi connectivity index (χ1) is 8.54. The smallest absolute Gasteiger partial charge is 0.407 e. The van der Waals surface area contributed by atoms with Crippen molar-refractivity contribution in [1.82, 2.24) is 4.90 Å². The molecule has 1 N–H and O–H groups in total. The van der Waals surface area contributed by atoms with E-state index in [0.717, 1.165) is 12.8 Å². The van der Waals surface area contributed by atoms with Crippen LogP contribution in [0.4, 0.5) is 4.79 Å². The number of hydrogen-bond donors (Lipinski definition) is 1. The van der Waals surface area contributed by atoms with Crippen molar-refractivity contribution < 1.29 is 14.6 Å².